The molecule has 0 aliphatic rings. The molecular formula is C11H16O. The second-order valence-corrected chi connectivity index (χ2v) is 3.44. The lowest BCUT2D eigenvalue weighted by molar-refractivity contribution is 0.169. The van der Waals surface area contributed by atoms with Crippen LogP contribution in [0.5, 0.6) is 0 Å². The molecule has 0 spiro atoms. The van der Waals surface area contributed by atoms with E-state index in [1.165, 1.54) is 11.1 Å². The van der Waals surface area contributed by atoms with Gasteiger partial charge in [0.05, 0.1) is 6.10 Å². The van der Waals surface area contributed by atoms with E-state index in [4.69, 9.17) is 0 Å². The van der Waals surface area contributed by atoms with Gasteiger partial charge in [-0.25, -0.2) is 0 Å². The Hall–Kier alpha value is -0.820. The Labute approximate surface area is 74.1 Å². The largest absolute Gasteiger partial charge is 0.393 e. The Balaban J connectivity index is 2.88. The lowest BCUT2D eigenvalue weighted by Crippen LogP contribution is -2.10. The molecule has 0 bridgehead atoms. The molecular weight excluding hydrogens is 148 g/mol. The van der Waals surface area contributed by atoms with Crippen LogP contribution in [0.2, 0.25) is 0 Å². The van der Waals surface area contributed by atoms with Crippen molar-refractivity contribution in [2.45, 2.75) is 32.8 Å². The van der Waals surface area contributed by atoms with Gasteiger partial charge in [0.25, 0.3) is 0 Å². The zero-order valence-corrected chi connectivity index (χ0v) is 7.91. The number of benzene rings is 1. The first-order valence-electron chi connectivity index (χ1n) is 4.36. The third kappa shape index (κ3) is 2.08. The van der Waals surface area contributed by atoms with Crippen molar-refractivity contribution < 1.29 is 5.11 Å². The minimum atomic E-state index is -0.271. The Bertz CT molecular complexity index is 253. The quantitative estimate of drug-likeness (QED) is 0.712. The average Bonchev–Trinajstić information content (AvgIpc) is 2.03. The van der Waals surface area contributed by atoms with E-state index in [0.717, 1.165) is 0 Å². The molecule has 0 fully saturated rings. The molecule has 0 amide bonds. The third-order valence-electron chi connectivity index (χ3n) is 2.29. The van der Waals surface area contributed by atoms with Crippen molar-refractivity contribution in [1.29, 1.82) is 0 Å². The van der Waals surface area contributed by atoms with Gasteiger partial charge in [0.2, 0.25) is 0 Å². The van der Waals surface area contributed by atoms with Crippen molar-refractivity contribution in [3.63, 3.8) is 0 Å². The highest BCUT2D eigenvalue weighted by Crippen LogP contribution is 2.19. The van der Waals surface area contributed by atoms with Crippen molar-refractivity contribution in [1.82, 2.24) is 0 Å². The van der Waals surface area contributed by atoms with Crippen molar-refractivity contribution in [3.8, 4) is 0 Å². The van der Waals surface area contributed by atoms with Crippen LogP contribution in [-0.2, 0) is 0 Å². The second kappa shape index (κ2) is 3.72. The van der Waals surface area contributed by atoms with Crippen LogP contribution in [0.1, 0.15) is 30.9 Å². The molecule has 1 aromatic carbocycles. The van der Waals surface area contributed by atoms with E-state index in [1.54, 1.807) is 0 Å². The van der Waals surface area contributed by atoms with Crippen molar-refractivity contribution in [2.24, 2.45) is 0 Å². The molecule has 0 aliphatic heterocycles. The summed E-state index contributed by atoms with van der Waals surface area (Å²) in [6.45, 7) is 5.94. The molecule has 1 N–H and O–H groups in total. The summed E-state index contributed by atoms with van der Waals surface area (Å²) >= 11 is 0. The van der Waals surface area contributed by atoms with Gasteiger partial charge in [0, 0.05) is 5.92 Å². The minimum Gasteiger partial charge on any atom is -0.393 e. The minimum absolute atomic E-state index is 0.227. The topological polar surface area (TPSA) is 20.2 Å². The fraction of sp³-hybridized carbons (Fsp3) is 0.455. The van der Waals surface area contributed by atoms with Gasteiger partial charge in [-0.3, -0.25) is 0 Å². The standard InChI is InChI=1S/C11H16O/c1-8-5-4-6-11(7-8)9(2)10(3)12/h4-7,9-10,12H,1-3H3/t9-,10+/m1/s1. The zero-order valence-electron chi connectivity index (χ0n) is 7.91. The van der Waals surface area contributed by atoms with Crippen LogP contribution in [0.25, 0.3) is 0 Å². The van der Waals surface area contributed by atoms with Gasteiger partial charge in [-0.2, -0.15) is 0 Å². The van der Waals surface area contributed by atoms with E-state index in [1.807, 2.05) is 19.9 Å². The number of hydrogen-bond acceptors (Lipinski definition) is 1. The van der Waals surface area contributed by atoms with E-state index >= 15 is 0 Å². The average molecular weight is 164 g/mol. The molecule has 1 rings (SSSR count). The SMILES string of the molecule is Cc1cccc([C@H](C)[C@H](C)O)c1. The molecule has 66 valence electrons. The van der Waals surface area contributed by atoms with Gasteiger partial charge in [-0.05, 0) is 19.4 Å². The predicted octanol–water partition coefficient (Wildman–Crippen LogP) is 2.48. The summed E-state index contributed by atoms with van der Waals surface area (Å²) in [4.78, 5) is 0. The smallest absolute Gasteiger partial charge is 0.0577 e. The van der Waals surface area contributed by atoms with E-state index in [0.29, 0.717) is 0 Å². The van der Waals surface area contributed by atoms with Crippen LogP contribution in [0.3, 0.4) is 0 Å². The molecule has 0 heterocycles. The number of aliphatic hydroxyl groups excluding tert-OH is 1. The van der Waals surface area contributed by atoms with Gasteiger partial charge < -0.3 is 5.11 Å². The van der Waals surface area contributed by atoms with Crippen LogP contribution in [0.15, 0.2) is 24.3 Å². The van der Waals surface area contributed by atoms with Gasteiger partial charge in [0.1, 0.15) is 0 Å². The Morgan fingerprint density at radius 3 is 2.42 bits per heavy atom. The molecule has 0 aromatic heterocycles. The molecule has 2 atom stereocenters. The number of rotatable bonds is 2. The summed E-state index contributed by atoms with van der Waals surface area (Å²) < 4.78 is 0. The normalized spacial score (nSPS) is 15.7. The Morgan fingerprint density at radius 1 is 1.25 bits per heavy atom. The van der Waals surface area contributed by atoms with Crippen LogP contribution >= 0.6 is 0 Å². The number of hydrogen-bond donors (Lipinski definition) is 1. The lowest BCUT2D eigenvalue weighted by Gasteiger charge is -2.15. The van der Waals surface area contributed by atoms with Crippen molar-refractivity contribution in [2.75, 3.05) is 0 Å². The molecule has 12 heavy (non-hydrogen) atoms. The van der Waals surface area contributed by atoms with Crippen LogP contribution in [-0.4, -0.2) is 11.2 Å². The highest BCUT2D eigenvalue weighted by Gasteiger charge is 2.10. The number of aryl methyl sites for hydroxylation is 1. The number of aliphatic hydroxyl groups is 1. The summed E-state index contributed by atoms with van der Waals surface area (Å²) in [5.41, 5.74) is 2.46. The Morgan fingerprint density at radius 2 is 1.92 bits per heavy atom. The fourth-order valence-electron chi connectivity index (χ4n) is 1.23. The molecule has 0 unspecified atom stereocenters. The highest BCUT2D eigenvalue weighted by molar-refractivity contribution is 5.25. The first-order chi connectivity index (χ1) is 5.61. The first-order valence-corrected chi connectivity index (χ1v) is 4.36. The molecule has 0 radical (unpaired) electrons. The molecule has 1 nitrogen and oxygen atoms in total. The third-order valence-corrected chi connectivity index (χ3v) is 2.29. The molecule has 0 saturated carbocycles. The van der Waals surface area contributed by atoms with E-state index in [2.05, 4.69) is 25.1 Å². The fourth-order valence-corrected chi connectivity index (χ4v) is 1.23. The Kier molecular flexibility index (Phi) is 2.88. The van der Waals surface area contributed by atoms with E-state index in [9.17, 15) is 5.11 Å². The van der Waals surface area contributed by atoms with Gasteiger partial charge >= 0.3 is 0 Å². The van der Waals surface area contributed by atoms with E-state index in [-0.39, 0.29) is 12.0 Å². The van der Waals surface area contributed by atoms with Gasteiger partial charge in [-0.15, -0.1) is 0 Å². The van der Waals surface area contributed by atoms with Crippen LogP contribution in [0, 0.1) is 6.92 Å². The molecule has 1 heteroatoms. The molecule has 0 saturated heterocycles. The summed E-state index contributed by atoms with van der Waals surface area (Å²) in [7, 11) is 0. The van der Waals surface area contributed by atoms with E-state index < -0.39 is 0 Å². The van der Waals surface area contributed by atoms with Gasteiger partial charge in [0.15, 0.2) is 0 Å². The van der Waals surface area contributed by atoms with Crippen LogP contribution in [0.4, 0.5) is 0 Å². The summed E-state index contributed by atoms with van der Waals surface area (Å²) in [5.74, 6) is 0.227. The summed E-state index contributed by atoms with van der Waals surface area (Å²) in [6.07, 6.45) is -0.271. The highest BCUT2D eigenvalue weighted by atomic mass is 16.3. The first kappa shape index (κ1) is 9.27. The van der Waals surface area contributed by atoms with Gasteiger partial charge in [-0.1, -0.05) is 36.8 Å². The monoisotopic (exact) mass is 164 g/mol. The second-order valence-electron chi connectivity index (χ2n) is 3.44. The van der Waals surface area contributed by atoms with Crippen molar-refractivity contribution >= 4 is 0 Å². The maximum Gasteiger partial charge on any atom is 0.0577 e. The van der Waals surface area contributed by atoms with Crippen molar-refractivity contribution in [3.05, 3.63) is 35.4 Å². The zero-order chi connectivity index (χ0) is 9.14. The summed E-state index contributed by atoms with van der Waals surface area (Å²) in [6, 6.07) is 8.28. The maximum atomic E-state index is 9.37. The van der Waals surface area contributed by atoms with Crippen LogP contribution < -0.4 is 0 Å². The molecule has 0 aliphatic carbocycles. The lowest BCUT2D eigenvalue weighted by atomic mass is 9.95. The molecule has 1 aromatic rings. The maximum absolute atomic E-state index is 9.37. The summed E-state index contributed by atoms with van der Waals surface area (Å²) in [5, 5.41) is 9.37. The predicted molar refractivity (Wildman–Crippen MR) is 51.3 cm³/mol.